The van der Waals surface area contributed by atoms with Gasteiger partial charge in [0.25, 0.3) is 0 Å². The third kappa shape index (κ3) is 2.79. The molecule has 3 nitrogen and oxygen atoms in total. The minimum atomic E-state index is -1.70. The topological polar surface area (TPSA) is 60.7 Å². The molecule has 0 fully saturated rings. The zero-order chi connectivity index (χ0) is 7.49. The highest BCUT2D eigenvalue weighted by Gasteiger charge is 2.26. The summed E-state index contributed by atoms with van der Waals surface area (Å²) < 4.78 is 0. The van der Waals surface area contributed by atoms with Crippen molar-refractivity contribution in [3.05, 3.63) is 0 Å². The lowest BCUT2D eigenvalue weighted by molar-refractivity contribution is -0.200. The van der Waals surface area contributed by atoms with E-state index in [9.17, 15) is 0 Å². The fraction of sp³-hybridized carbons (Fsp3) is 1.00. The number of hydrogen-bond acceptors (Lipinski definition) is 3. The third-order valence-electron chi connectivity index (χ3n) is 1.40. The monoisotopic (exact) mass is 134 g/mol. The SMILES string of the molecule is CC(C)C(O)(O)CCO. The maximum absolute atomic E-state index is 8.99. The van der Waals surface area contributed by atoms with Crippen LogP contribution in [0.1, 0.15) is 20.3 Å². The first-order valence-electron chi connectivity index (χ1n) is 3.06. The highest BCUT2D eigenvalue weighted by molar-refractivity contribution is 4.67. The van der Waals surface area contributed by atoms with Gasteiger partial charge in [-0.2, -0.15) is 0 Å². The maximum Gasteiger partial charge on any atom is 0.167 e. The molecule has 9 heavy (non-hydrogen) atoms. The van der Waals surface area contributed by atoms with Crippen molar-refractivity contribution in [2.45, 2.75) is 26.1 Å². The summed E-state index contributed by atoms with van der Waals surface area (Å²) in [4.78, 5) is 0. The van der Waals surface area contributed by atoms with Gasteiger partial charge in [-0.15, -0.1) is 0 Å². The quantitative estimate of drug-likeness (QED) is 0.465. The Morgan fingerprint density at radius 1 is 1.33 bits per heavy atom. The Balaban J connectivity index is 3.70. The Bertz CT molecular complexity index is 78.4. The van der Waals surface area contributed by atoms with Gasteiger partial charge in [0.15, 0.2) is 5.79 Å². The number of aliphatic hydroxyl groups excluding tert-OH is 1. The molecule has 0 aromatic rings. The molecule has 0 aliphatic heterocycles. The molecule has 0 amide bonds. The molecular weight excluding hydrogens is 120 g/mol. The molecule has 0 saturated heterocycles. The van der Waals surface area contributed by atoms with Crippen LogP contribution in [0.4, 0.5) is 0 Å². The van der Waals surface area contributed by atoms with Crippen LogP contribution in [-0.2, 0) is 0 Å². The van der Waals surface area contributed by atoms with Crippen molar-refractivity contribution in [3.8, 4) is 0 Å². The van der Waals surface area contributed by atoms with Gasteiger partial charge in [0.2, 0.25) is 0 Å². The van der Waals surface area contributed by atoms with Crippen LogP contribution in [0.25, 0.3) is 0 Å². The van der Waals surface area contributed by atoms with E-state index in [2.05, 4.69) is 0 Å². The Labute approximate surface area is 54.9 Å². The molecule has 0 aromatic heterocycles. The van der Waals surface area contributed by atoms with Crippen LogP contribution < -0.4 is 0 Å². The van der Waals surface area contributed by atoms with Crippen LogP contribution in [0.2, 0.25) is 0 Å². The van der Waals surface area contributed by atoms with Crippen LogP contribution in [0.3, 0.4) is 0 Å². The van der Waals surface area contributed by atoms with Gasteiger partial charge in [-0.25, -0.2) is 0 Å². The van der Waals surface area contributed by atoms with E-state index in [1.807, 2.05) is 0 Å². The zero-order valence-corrected chi connectivity index (χ0v) is 5.83. The van der Waals surface area contributed by atoms with Gasteiger partial charge in [0.1, 0.15) is 0 Å². The Kier molecular flexibility index (Phi) is 3.11. The lowest BCUT2D eigenvalue weighted by atomic mass is 10.0. The second-order valence-electron chi connectivity index (χ2n) is 2.51. The van der Waals surface area contributed by atoms with Crippen molar-refractivity contribution in [1.82, 2.24) is 0 Å². The van der Waals surface area contributed by atoms with Gasteiger partial charge in [-0.1, -0.05) is 13.8 Å². The van der Waals surface area contributed by atoms with E-state index in [-0.39, 0.29) is 18.9 Å². The molecule has 0 aromatic carbocycles. The summed E-state index contributed by atoms with van der Waals surface area (Å²) in [5.41, 5.74) is 0. The average Bonchev–Trinajstić information content (AvgIpc) is 1.65. The van der Waals surface area contributed by atoms with Crippen LogP contribution in [0, 0.1) is 5.92 Å². The van der Waals surface area contributed by atoms with E-state index >= 15 is 0 Å². The smallest absolute Gasteiger partial charge is 0.167 e. The molecule has 0 atom stereocenters. The van der Waals surface area contributed by atoms with Gasteiger partial charge < -0.3 is 15.3 Å². The van der Waals surface area contributed by atoms with Crippen LogP contribution >= 0.6 is 0 Å². The van der Waals surface area contributed by atoms with Gasteiger partial charge >= 0.3 is 0 Å². The second kappa shape index (κ2) is 3.15. The van der Waals surface area contributed by atoms with Crippen LogP contribution in [-0.4, -0.2) is 27.7 Å². The molecule has 3 N–H and O–H groups in total. The first-order chi connectivity index (χ1) is 4.00. The lowest BCUT2D eigenvalue weighted by Gasteiger charge is -2.24. The third-order valence-corrected chi connectivity index (χ3v) is 1.40. The molecule has 3 heteroatoms. The van der Waals surface area contributed by atoms with Crippen molar-refractivity contribution in [3.63, 3.8) is 0 Å². The molecule has 0 aliphatic rings. The number of rotatable bonds is 3. The second-order valence-corrected chi connectivity index (χ2v) is 2.51. The van der Waals surface area contributed by atoms with Crippen molar-refractivity contribution in [1.29, 1.82) is 0 Å². The van der Waals surface area contributed by atoms with E-state index in [0.29, 0.717) is 0 Å². The molecule has 0 bridgehead atoms. The first-order valence-corrected chi connectivity index (χ1v) is 3.06. The van der Waals surface area contributed by atoms with Crippen LogP contribution in [0.15, 0.2) is 0 Å². The van der Waals surface area contributed by atoms with E-state index in [1.54, 1.807) is 13.8 Å². The highest BCUT2D eigenvalue weighted by atomic mass is 16.5. The van der Waals surface area contributed by atoms with Crippen molar-refractivity contribution in [2.24, 2.45) is 5.92 Å². The summed E-state index contributed by atoms with van der Waals surface area (Å²) in [6, 6.07) is 0. The van der Waals surface area contributed by atoms with E-state index in [0.717, 1.165) is 0 Å². The summed E-state index contributed by atoms with van der Waals surface area (Å²) in [6.45, 7) is 3.19. The fourth-order valence-corrected chi connectivity index (χ4v) is 0.453. The summed E-state index contributed by atoms with van der Waals surface area (Å²) in [7, 11) is 0. The lowest BCUT2D eigenvalue weighted by Crippen LogP contribution is -2.35. The van der Waals surface area contributed by atoms with Gasteiger partial charge in [0, 0.05) is 18.9 Å². The minimum Gasteiger partial charge on any atom is -0.396 e. The normalized spacial score (nSPS) is 12.7. The highest BCUT2D eigenvalue weighted by Crippen LogP contribution is 2.15. The van der Waals surface area contributed by atoms with Gasteiger partial charge in [-0.3, -0.25) is 0 Å². The molecule has 0 rings (SSSR count). The Morgan fingerprint density at radius 2 is 1.78 bits per heavy atom. The van der Waals surface area contributed by atoms with Crippen molar-refractivity contribution >= 4 is 0 Å². The molecule has 0 saturated carbocycles. The Hall–Kier alpha value is -0.120. The minimum absolute atomic E-state index is 0.0185. The molecule has 0 radical (unpaired) electrons. The summed E-state index contributed by atoms with van der Waals surface area (Å²) in [5.74, 6) is -1.93. The fourth-order valence-electron chi connectivity index (χ4n) is 0.453. The van der Waals surface area contributed by atoms with E-state index < -0.39 is 5.79 Å². The summed E-state index contributed by atoms with van der Waals surface area (Å²) >= 11 is 0. The van der Waals surface area contributed by atoms with E-state index in [4.69, 9.17) is 15.3 Å². The predicted molar refractivity (Wildman–Crippen MR) is 33.7 cm³/mol. The largest absolute Gasteiger partial charge is 0.396 e. The van der Waals surface area contributed by atoms with E-state index in [1.165, 1.54) is 0 Å². The van der Waals surface area contributed by atoms with Crippen molar-refractivity contribution in [2.75, 3.05) is 6.61 Å². The molecule has 0 spiro atoms. The molecular formula is C6H14O3. The molecule has 0 heterocycles. The number of hydrogen-bond donors (Lipinski definition) is 3. The zero-order valence-electron chi connectivity index (χ0n) is 5.83. The Morgan fingerprint density at radius 3 is 1.89 bits per heavy atom. The van der Waals surface area contributed by atoms with Crippen molar-refractivity contribution < 1.29 is 15.3 Å². The molecule has 0 unspecified atom stereocenters. The maximum atomic E-state index is 8.99. The van der Waals surface area contributed by atoms with Gasteiger partial charge in [-0.05, 0) is 0 Å². The first kappa shape index (κ1) is 8.88. The molecule has 56 valence electrons. The summed E-state index contributed by atoms with van der Waals surface area (Å²) in [5, 5.41) is 26.3. The summed E-state index contributed by atoms with van der Waals surface area (Å²) in [6.07, 6.45) is 0.0185. The number of aliphatic hydroxyl groups is 3. The predicted octanol–water partition coefficient (Wildman–Crippen LogP) is -0.294. The standard InChI is InChI=1S/C6H14O3/c1-5(2)6(8,9)3-4-7/h5,7-9H,3-4H2,1-2H3. The average molecular weight is 134 g/mol. The van der Waals surface area contributed by atoms with Gasteiger partial charge in [0.05, 0.1) is 0 Å². The molecule has 0 aliphatic carbocycles. The van der Waals surface area contributed by atoms with Crippen LogP contribution in [0.5, 0.6) is 0 Å².